The Morgan fingerprint density at radius 3 is 2.82 bits per heavy atom. The first-order chi connectivity index (χ1) is 8.22. The summed E-state index contributed by atoms with van der Waals surface area (Å²) in [6.45, 7) is 5.32. The Labute approximate surface area is 106 Å². The first-order valence-corrected chi connectivity index (χ1v) is 6.73. The molecule has 2 N–H and O–H groups in total. The van der Waals surface area contributed by atoms with E-state index in [1.165, 1.54) is 21.6 Å². The van der Waals surface area contributed by atoms with Crippen LogP contribution >= 0.6 is 11.3 Å². The Morgan fingerprint density at radius 2 is 2.06 bits per heavy atom. The van der Waals surface area contributed by atoms with Gasteiger partial charge in [-0.1, -0.05) is 6.07 Å². The zero-order valence-corrected chi connectivity index (χ0v) is 10.8. The molecule has 0 aliphatic carbocycles. The van der Waals surface area contributed by atoms with Gasteiger partial charge in [0.25, 0.3) is 0 Å². The van der Waals surface area contributed by atoms with E-state index in [1.807, 2.05) is 17.4 Å². The molecule has 0 fully saturated rings. The molecule has 1 aliphatic heterocycles. The van der Waals surface area contributed by atoms with Crippen molar-refractivity contribution < 1.29 is 0 Å². The Balaban J connectivity index is 1.76. The van der Waals surface area contributed by atoms with Crippen LogP contribution in [-0.2, 0) is 19.6 Å². The van der Waals surface area contributed by atoms with Gasteiger partial charge < -0.3 is 5.73 Å². The summed E-state index contributed by atoms with van der Waals surface area (Å²) in [5.41, 5.74) is 10.9. The van der Waals surface area contributed by atoms with Crippen LogP contribution in [0.25, 0.3) is 0 Å². The minimum Gasteiger partial charge on any atom is -0.399 e. The van der Waals surface area contributed by atoms with E-state index in [1.54, 1.807) is 0 Å². The molecular weight excluding hydrogens is 228 g/mol. The van der Waals surface area contributed by atoms with E-state index in [4.69, 9.17) is 5.73 Å². The van der Waals surface area contributed by atoms with Crippen LogP contribution in [0.3, 0.4) is 0 Å². The fourth-order valence-electron chi connectivity index (χ4n) is 2.37. The predicted molar refractivity (Wildman–Crippen MR) is 72.9 cm³/mol. The standard InChI is InChI=1S/C14H16N2S/c1-10-4-5-17-14(10)9-16-7-11-2-3-13(15)6-12(11)8-16/h2-6H,7-9,15H2,1H3. The summed E-state index contributed by atoms with van der Waals surface area (Å²) in [4.78, 5) is 3.95. The van der Waals surface area contributed by atoms with Crippen molar-refractivity contribution in [2.24, 2.45) is 0 Å². The second-order valence-corrected chi connectivity index (χ2v) is 5.70. The number of fused-ring (bicyclic) bond motifs is 1. The molecule has 2 nitrogen and oxygen atoms in total. The third kappa shape index (κ3) is 2.08. The summed E-state index contributed by atoms with van der Waals surface area (Å²) < 4.78 is 0. The lowest BCUT2D eigenvalue weighted by atomic mass is 10.1. The zero-order chi connectivity index (χ0) is 11.8. The molecule has 0 radical (unpaired) electrons. The number of nitrogen functional groups attached to an aromatic ring is 1. The van der Waals surface area contributed by atoms with Crippen molar-refractivity contribution in [1.29, 1.82) is 0 Å². The molecule has 1 aromatic heterocycles. The summed E-state index contributed by atoms with van der Waals surface area (Å²) in [5.74, 6) is 0. The van der Waals surface area contributed by atoms with E-state index >= 15 is 0 Å². The number of anilines is 1. The van der Waals surface area contributed by atoms with Crippen LogP contribution in [0.15, 0.2) is 29.6 Å². The molecule has 0 amide bonds. The lowest BCUT2D eigenvalue weighted by Crippen LogP contribution is -2.15. The maximum Gasteiger partial charge on any atom is 0.0337 e. The molecule has 2 heterocycles. The highest BCUT2D eigenvalue weighted by molar-refractivity contribution is 7.10. The third-order valence-electron chi connectivity index (χ3n) is 3.35. The minimum atomic E-state index is 0.873. The van der Waals surface area contributed by atoms with Crippen LogP contribution in [0.2, 0.25) is 0 Å². The van der Waals surface area contributed by atoms with Crippen molar-refractivity contribution >= 4 is 17.0 Å². The van der Waals surface area contributed by atoms with Gasteiger partial charge in [0.05, 0.1) is 0 Å². The van der Waals surface area contributed by atoms with E-state index < -0.39 is 0 Å². The first-order valence-electron chi connectivity index (χ1n) is 5.85. The van der Waals surface area contributed by atoms with E-state index in [-0.39, 0.29) is 0 Å². The van der Waals surface area contributed by atoms with E-state index in [9.17, 15) is 0 Å². The van der Waals surface area contributed by atoms with Crippen LogP contribution < -0.4 is 5.73 Å². The molecule has 17 heavy (non-hydrogen) atoms. The minimum absolute atomic E-state index is 0.873. The van der Waals surface area contributed by atoms with Gasteiger partial charge >= 0.3 is 0 Å². The molecule has 0 saturated heterocycles. The lowest BCUT2D eigenvalue weighted by molar-refractivity contribution is 0.277. The van der Waals surface area contributed by atoms with Crippen LogP contribution in [0.4, 0.5) is 5.69 Å². The molecule has 0 bridgehead atoms. The predicted octanol–water partition coefficient (Wildman–Crippen LogP) is 3.15. The SMILES string of the molecule is Cc1ccsc1CN1Cc2ccc(N)cc2C1. The Morgan fingerprint density at radius 1 is 1.24 bits per heavy atom. The van der Waals surface area contributed by atoms with Crippen molar-refractivity contribution in [3.63, 3.8) is 0 Å². The number of benzene rings is 1. The van der Waals surface area contributed by atoms with Crippen LogP contribution in [-0.4, -0.2) is 4.90 Å². The van der Waals surface area contributed by atoms with Gasteiger partial charge in [0.2, 0.25) is 0 Å². The van der Waals surface area contributed by atoms with E-state index in [0.717, 1.165) is 25.3 Å². The Hall–Kier alpha value is -1.32. The number of rotatable bonds is 2. The Bertz CT molecular complexity index is 545. The maximum atomic E-state index is 5.82. The van der Waals surface area contributed by atoms with Gasteiger partial charge in [0.1, 0.15) is 0 Å². The molecule has 0 spiro atoms. The van der Waals surface area contributed by atoms with Gasteiger partial charge in [-0.05, 0) is 47.2 Å². The van der Waals surface area contributed by atoms with Crippen LogP contribution in [0.5, 0.6) is 0 Å². The number of hydrogen-bond acceptors (Lipinski definition) is 3. The molecule has 0 saturated carbocycles. The van der Waals surface area contributed by atoms with Gasteiger partial charge in [-0.2, -0.15) is 0 Å². The normalized spacial score (nSPS) is 15.1. The molecule has 0 unspecified atom stereocenters. The molecule has 2 aromatic rings. The zero-order valence-electron chi connectivity index (χ0n) is 9.94. The quantitative estimate of drug-likeness (QED) is 0.822. The summed E-state index contributed by atoms with van der Waals surface area (Å²) in [6, 6.07) is 8.46. The highest BCUT2D eigenvalue weighted by Crippen LogP contribution is 2.27. The van der Waals surface area contributed by atoms with E-state index in [0.29, 0.717) is 0 Å². The van der Waals surface area contributed by atoms with Crippen LogP contribution in [0.1, 0.15) is 21.6 Å². The molecule has 0 atom stereocenters. The van der Waals surface area contributed by atoms with Gasteiger partial charge in [-0.25, -0.2) is 0 Å². The molecule has 1 aliphatic rings. The number of aryl methyl sites for hydroxylation is 1. The number of nitrogens with zero attached hydrogens (tertiary/aromatic N) is 1. The topological polar surface area (TPSA) is 29.3 Å². The average molecular weight is 244 g/mol. The van der Waals surface area contributed by atoms with Crippen molar-refractivity contribution in [2.75, 3.05) is 5.73 Å². The lowest BCUT2D eigenvalue weighted by Gasteiger charge is -2.13. The smallest absolute Gasteiger partial charge is 0.0337 e. The largest absolute Gasteiger partial charge is 0.399 e. The van der Waals surface area contributed by atoms with Crippen LogP contribution in [0, 0.1) is 6.92 Å². The van der Waals surface area contributed by atoms with Gasteiger partial charge in [-0.15, -0.1) is 11.3 Å². The summed E-state index contributed by atoms with van der Waals surface area (Å²) in [5, 5.41) is 2.17. The van der Waals surface area contributed by atoms with Crippen molar-refractivity contribution in [3.05, 3.63) is 51.2 Å². The van der Waals surface area contributed by atoms with Gasteiger partial charge in [0, 0.05) is 30.2 Å². The van der Waals surface area contributed by atoms with Crippen molar-refractivity contribution in [1.82, 2.24) is 4.90 Å². The molecular formula is C14H16N2S. The van der Waals surface area contributed by atoms with Gasteiger partial charge in [-0.3, -0.25) is 4.90 Å². The summed E-state index contributed by atoms with van der Waals surface area (Å²) >= 11 is 1.85. The second kappa shape index (κ2) is 4.17. The third-order valence-corrected chi connectivity index (χ3v) is 4.36. The molecule has 3 rings (SSSR count). The first kappa shape index (κ1) is 10.8. The number of thiophene rings is 1. The highest BCUT2D eigenvalue weighted by atomic mass is 32.1. The van der Waals surface area contributed by atoms with Crippen molar-refractivity contribution in [3.8, 4) is 0 Å². The molecule has 1 aromatic carbocycles. The fraction of sp³-hybridized carbons (Fsp3) is 0.286. The highest BCUT2D eigenvalue weighted by Gasteiger charge is 2.19. The van der Waals surface area contributed by atoms with Crippen molar-refractivity contribution in [2.45, 2.75) is 26.6 Å². The Kier molecular flexibility index (Phi) is 2.65. The fourth-order valence-corrected chi connectivity index (χ4v) is 3.31. The molecule has 3 heteroatoms. The summed E-state index contributed by atoms with van der Waals surface area (Å²) in [7, 11) is 0. The average Bonchev–Trinajstić information content (AvgIpc) is 2.85. The monoisotopic (exact) mass is 244 g/mol. The van der Waals surface area contributed by atoms with E-state index in [2.05, 4.69) is 35.4 Å². The maximum absolute atomic E-state index is 5.82. The molecule has 88 valence electrons. The number of hydrogen-bond donors (Lipinski definition) is 1. The second-order valence-electron chi connectivity index (χ2n) is 4.70. The summed E-state index contributed by atoms with van der Waals surface area (Å²) in [6.07, 6.45) is 0. The van der Waals surface area contributed by atoms with Gasteiger partial charge in [0.15, 0.2) is 0 Å². The number of nitrogens with two attached hydrogens (primary N) is 1.